The number of benzene rings is 1. The number of ether oxygens (including phenoxy) is 1. The van der Waals surface area contributed by atoms with Crippen LogP contribution in [0.1, 0.15) is 6.92 Å². The monoisotopic (exact) mass is 320 g/mol. The normalized spacial score (nSPS) is 10.7. The van der Waals surface area contributed by atoms with E-state index in [2.05, 4.69) is 28.0 Å². The SMILES string of the molecule is CCOc1c(O)ccc2c(I)csc12. The quantitative estimate of drug-likeness (QED) is 0.857. The first-order chi connectivity index (χ1) is 6.74. The number of aromatic hydroxyl groups is 1. The summed E-state index contributed by atoms with van der Waals surface area (Å²) in [6, 6.07) is 3.60. The Bertz CT molecular complexity index is 464. The van der Waals surface area contributed by atoms with E-state index >= 15 is 0 Å². The first-order valence-corrected chi connectivity index (χ1v) is 6.21. The Balaban J connectivity index is 2.70. The van der Waals surface area contributed by atoms with Gasteiger partial charge in [-0.25, -0.2) is 0 Å². The molecule has 0 saturated carbocycles. The largest absolute Gasteiger partial charge is 0.504 e. The van der Waals surface area contributed by atoms with Gasteiger partial charge in [0.05, 0.1) is 11.3 Å². The Labute approximate surface area is 99.7 Å². The molecule has 0 radical (unpaired) electrons. The molecule has 4 heteroatoms. The highest BCUT2D eigenvalue weighted by molar-refractivity contribution is 14.1. The van der Waals surface area contributed by atoms with E-state index < -0.39 is 0 Å². The third kappa shape index (κ3) is 1.56. The predicted molar refractivity (Wildman–Crippen MR) is 67.4 cm³/mol. The number of hydrogen-bond donors (Lipinski definition) is 1. The highest BCUT2D eigenvalue weighted by atomic mass is 127. The zero-order valence-corrected chi connectivity index (χ0v) is 10.6. The molecule has 2 aromatic rings. The van der Waals surface area contributed by atoms with Crippen LogP contribution in [0.2, 0.25) is 0 Å². The van der Waals surface area contributed by atoms with Crippen LogP contribution in [-0.4, -0.2) is 11.7 Å². The third-order valence-electron chi connectivity index (χ3n) is 1.92. The molecule has 0 bridgehead atoms. The lowest BCUT2D eigenvalue weighted by Gasteiger charge is -2.06. The molecule has 0 saturated heterocycles. The van der Waals surface area contributed by atoms with Crippen LogP contribution in [-0.2, 0) is 0 Å². The van der Waals surface area contributed by atoms with Gasteiger partial charge in [-0.05, 0) is 41.6 Å². The van der Waals surface area contributed by atoms with Crippen molar-refractivity contribution in [2.45, 2.75) is 6.92 Å². The lowest BCUT2D eigenvalue weighted by molar-refractivity contribution is 0.323. The summed E-state index contributed by atoms with van der Waals surface area (Å²) in [7, 11) is 0. The standard InChI is InChI=1S/C10H9IO2S/c1-2-13-9-8(12)4-3-6-7(11)5-14-10(6)9/h3-5,12H,2H2,1H3. The Morgan fingerprint density at radius 1 is 1.50 bits per heavy atom. The van der Waals surface area contributed by atoms with E-state index in [1.165, 1.54) is 3.57 Å². The average Bonchev–Trinajstić information content (AvgIpc) is 2.53. The molecule has 0 atom stereocenters. The summed E-state index contributed by atoms with van der Waals surface area (Å²) in [6.07, 6.45) is 0. The molecule has 1 aromatic carbocycles. The van der Waals surface area contributed by atoms with Crippen LogP contribution in [0.25, 0.3) is 10.1 Å². The van der Waals surface area contributed by atoms with Crippen molar-refractivity contribution in [3.63, 3.8) is 0 Å². The van der Waals surface area contributed by atoms with Crippen molar-refractivity contribution in [2.75, 3.05) is 6.61 Å². The number of phenols is 1. The minimum absolute atomic E-state index is 0.220. The number of rotatable bonds is 2. The van der Waals surface area contributed by atoms with Crippen molar-refractivity contribution in [2.24, 2.45) is 0 Å². The van der Waals surface area contributed by atoms with Crippen molar-refractivity contribution >= 4 is 44.0 Å². The third-order valence-corrected chi connectivity index (χ3v) is 4.23. The van der Waals surface area contributed by atoms with Crippen LogP contribution in [0.15, 0.2) is 17.5 Å². The van der Waals surface area contributed by atoms with Gasteiger partial charge in [0.1, 0.15) is 0 Å². The van der Waals surface area contributed by atoms with Crippen LogP contribution in [0.5, 0.6) is 11.5 Å². The van der Waals surface area contributed by atoms with Gasteiger partial charge in [-0.3, -0.25) is 0 Å². The Morgan fingerprint density at radius 3 is 3.00 bits per heavy atom. The first-order valence-electron chi connectivity index (χ1n) is 4.25. The molecule has 0 aliphatic carbocycles. The van der Waals surface area contributed by atoms with Crippen LogP contribution in [0, 0.1) is 3.57 Å². The van der Waals surface area contributed by atoms with Crippen LogP contribution in [0.4, 0.5) is 0 Å². The lowest BCUT2D eigenvalue weighted by Crippen LogP contribution is -1.91. The molecule has 1 aromatic heterocycles. The number of phenolic OH excluding ortho intramolecular Hbond substituents is 1. The van der Waals surface area contributed by atoms with Gasteiger partial charge in [-0.2, -0.15) is 0 Å². The molecule has 74 valence electrons. The molecule has 0 aliphatic heterocycles. The fraction of sp³-hybridized carbons (Fsp3) is 0.200. The fourth-order valence-corrected chi connectivity index (χ4v) is 3.25. The van der Waals surface area contributed by atoms with Crippen molar-refractivity contribution in [3.8, 4) is 11.5 Å². The van der Waals surface area contributed by atoms with Gasteiger partial charge in [0.15, 0.2) is 11.5 Å². The Morgan fingerprint density at radius 2 is 2.29 bits per heavy atom. The zero-order valence-electron chi connectivity index (χ0n) is 7.58. The molecule has 0 amide bonds. The summed E-state index contributed by atoms with van der Waals surface area (Å²) in [5, 5.41) is 12.8. The van der Waals surface area contributed by atoms with Crippen LogP contribution < -0.4 is 4.74 Å². The molecule has 0 unspecified atom stereocenters. The maximum Gasteiger partial charge on any atom is 0.178 e. The Hall–Kier alpha value is -0.490. The molecule has 1 heterocycles. The molecule has 2 rings (SSSR count). The van der Waals surface area contributed by atoms with Crippen molar-refractivity contribution in [1.29, 1.82) is 0 Å². The molecule has 1 N–H and O–H groups in total. The van der Waals surface area contributed by atoms with Crippen molar-refractivity contribution < 1.29 is 9.84 Å². The zero-order chi connectivity index (χ0) is 10.1. The van der Waals surface area contributed by atoms with E-state index in [-0.39, 0.29) is 5.75 Å². The maximum absolute atomic E-state index is 9.63. The molecule has 0 spiro atoms. The van der Waals surface area contributed by atoms with Crippen LogP contribution in [0.3, 0.4) is 0 Å². The molecule has 14 heavy (non-hydrogen) atoms. The fourth-order valence-electron chi connectivity index (χ4n) is 1.32. The number of hydrogen-bond acceptors (Lipinski definition) is 3. The van der Waals surface area contributed by atoms with Gasteiger partial charge < -0.3 is 9.84 Å². The topological polar surface area (TPSA) is 29.5 Å². The van der Waals surface area contributed by atoms with Gasteiger partial charge >= 0.3 is 0 Å². The van der Waals surface area contributed by atoms with E-state index in [4.69, 9.17) is 4.74 Å². The summed E-state index contributed by atoms with van der Waals surface area (Å²) in [6.45, 7) is 2.48. The summed E-state index contributed by atoms with van der Waals surface area (Å²) in [4.78, 5) is 0. The summed E-state index contributed by atoms with van der Waals surface area (Å²) in [5.41, 5.74) is 0. The molecule has 0 aliphatic rings. The second-order valence-corrected chi connectivity index (χ2v) is 4.85. The van der Waals surface area contributed by atoms with Gasteiger partial charge in [0.25, 0.3) is 0 Å². The average molecular weight is 320 g/mol. The van der Waals surface area contributed by atoms with E-state index in [0.717, 1.165) is 10.1 Å². The predicted octanol–water partition coefficient (Wildman–Crippen LogP) is 3.61. The smallest absolute Gasteiger partial charge is 0.178 e. The number of fused-ring (bicyclic) bond motifs is 1. The van der Waals surface area contributed by atoms with Gasteiger partial charge in [0.2, 0.25) is 0 Å². The van der Waals surface area contributed by atoms with Gasteiger partial charge in [0, 0.05) is 14.3 Å². The van der Waals surface area contributed by atoms with Crippen molar-refractivity contribution in [1.82, 2.24) is 0 Å². The number of thiophene rings is 1. The molecular formula is C10H9IO2S. The second-order valence-electron chi connectivity index (χ2n) is 2.81. The molecular weight excluding hydrogens is 311 g/mol. The van der Waals surface area contributed by atoms with E-state index in [0.29, 0.717) is 12.4 Å². The van der Waals surface area contributed by atoms with E-state index in [1.807, 2.05) is 13.0 Å². The summed E-state index contributed by atoms with van der Waals surface area (Å²) in [5.74, 6) is 0.829. The van der Waals surface area contributed by atoms with E-state index in [9.17, 15) is 5.11 Å². The van der Waals surface area contributed by atoms with Crippen LogP contribution >= 0.6 is 33.9 Å². The van der Waals surface area contributed by atoms with Gasteiger partial charge in [-0.1, -0.05) is 0 Å². The minimum atomic E-state index is 0.220. The minimum Gasteiger partial charge on any atom is -0.504 e. The highest BCUT2D eigenvalue weighted by Crippen LogP contribution is 2.40. The Kier molecular flexibility index (Phi) is 2.83. The molecule has 0 fully saturated rings. The first kappa shape index (κ1) is 10.0. The second kappa shape index (κ2) is 3.94. The lowest BCUT2D eigenvalue weighted by atomic mass is 10.2. The maximum atomic E-state index is 9.63. The van der Waals surface area contributed by atoms with Crippen molar-refractivity contribution in [3.05, 3.63) is 21.1 Å². The highest BCUT2D eigenvalue weighted by Gasteiger charge is 2.11. The summed E-state index contributed by atoms with van der Waals surface area (Å²) >= 11 is 3.89. The summed E-state index contributed by atoms with van der Waals surface area (Å²) < 4.78 is 7.64. The van der Waals surface area contributed by atoms with E-state index in [1.54, 1.807) is 17.4 Å². The molecule has 2 nitrogen and oxygen atoms in total. The number of halogens is 1. The van der Waals surface area contributed by atoms with Gasteiger partial charge in [-0.15, -0.1) is 11.3 Å².